The second-order valence-corrected chi connectivity index (χ2v) is 8.07. The molecule has 0 fully saturated rings. The minimum atomic E-state index is 0.611. The predicted molar refractivity (Wildman–Crippen MR) is 132 cm³/mol. The molecule has 2 heterocycles. The molecular formula is C26H31N7. The summed E-state index contributed by atoms with van der Waals surface area (Å²) in [7, 11) is 0. The Labute approximate surface area is 195 Å². The van der Waals surface area contributed by atoms with Crippen LogP contribution in [0.3, 0.4) is 0 Å². The van der Waals surface area contributed by atoms with Crippen molar-refractivity contribution >= 4 is 5.96 Å². The average molecular weight is 442 g/mol. The molecule has 4 rings (SSSR count). The lowest BCUT2D eigenvalue weighted by atomic mass is 10.1. The molecule has 0 spiro atoms. The summed E-state index contributed by atoms with van der Waals surface area (Å²) in [5.41, 5.74) is 6.80. The number of hydrogen-bond donors (Lipinski definition) is 2. The number of aromatic nitrogens is 4. The summed E-state index contributed by atoms with van der Waals surface area (Å²) in [6, 6.07) is 19.0. The number of imidazole rings is 1. The second kappa shape index (κ2) is 10.6. The highest BCUT2D eigenvalue weighted by atomic mass is 15.3. The van der Waals surface area contributed by atoms with Crippen LogP contribution in [0.5, 0.6) is 0 Å². The number of nitrogens with one attached hydrogen (secondary N) is 2. The van der Waals surface area contributed by atoms with Crippen LogP contribution in [0, 0.1) is 13.8 Å². The van der Waals surface area contributed by atoms with Crippen molar-refractivity contribution in [3.8, 4) is 5.69 Å². The van der Waals surface area contributed by atoms with Gasteiger partial charge < -0.3 is 15.2 Å². The largest absolute Gasteiger partial charge is 0.357 e. The number of guanidine groups is 1. The van der Waals surface area contributed by atoms with Gasteiger partial charge in [-0.1, -0.05) is 42.5 Å². The monoisotopic (exact) mass is 441 g/mol. The number of aryl methyl sites for hydroxylation is 2. The van der Waals surface area contributed by atoms with Gasteiger partial charge in [0.15, 0.2) is 5.96 Å². The van der Waals surface area contributed by atoms with Gasteiger partial charge in [-0.2, -0.15) is 5.10 Å². The molecule has 170 valence electrons. The first-order chi connectivity index (χ1) is 16.1. The minimum absolute atomic E-state index is 0.611. The second-order valence-electron chi connectivity index (χ2n) is 8.07. The molecular weight excluding hydrogens is 410 g/mol. The van der Waals surface area contributed by atoms with E-state index in [1.807, 2.05) is 30.2 Å². The predicted octanol–water partition coefficient (Wildman–Crippen LogP) is 3.99. The topological polar surface area (TPSA) is 72.1 Å². The summed E-state index contributed by atoms with van der Waals surface area (Å²) in [6.07, 6.45) is 5.60. The van der Waals surface area contributed by atoms with Crippen LogP contribution < -0.4 is 10.6 Å². The third kappa shape index (κ3) is 5.88. The highest BCUT2D eigenvalue weighted by molar-refractivity contribution is 5.79. The van der Waals surface area contributed by atoms with Gasteiger partial charge in [0.1, 0.15) is 0 Å². The molecule has 7 heteroatoms. The Morgan fingerprint density at radius 3 is 2.48 bits per heavy atom. The Kier molecular flexibility index (Phi) is 7.19. The Morgan fingerprint density at radius 1 is 1.00 bits per heavy atom. The fourth-order valence-corrected chi connectivity index (χ4v) is 3.77. The summed E-state index contributed by atoms with van der Waals surface area (Å²) < 4.78 is 4.06. The van der Waals surface area contributed by atoms with Crippen molar-refractivity contribution in [2.24, 2.45) is 4.99 Å². The Balaban J connectivity index is 1.42. The lowest BCUT2D eigenvalue weighted by Crippen LogP contribution is -2.37. The Bertz CT molecular complexity index is 1190. The number of benzene rings is 2. The van der Waals surface area contributed by atoms with Crippen LogP contribution in [0.2, 0.25) is 0 Å². The van der Waals surface area contributed by atoms with Crippen molar-refractivity contribution in [1.29, 1.82) is 0 Å². The van der Waals surface area contributed by atoms with Crippen LogP contribution in [0.25, 0.3) is 5.69 Å². The van der Waals surface area contributed by atoms with Gasteiger partial charge in [0, 0.05) is 37.7 Å². The van der Waals surface area contributed by atoms with Crippen molar-refractivity contribution < 1.29 is 0 Å². The van der Waals surface area contributed by atoms with Crippen molar-refractivity contribution in [3.63, 3.8) is 0 Å². The molecule has 4 aromatic rings. The fourth-order valence-electron chi connectivity index (χ4n) is 3.77. The highest BCUT2D eigenvalue weighted by Gasteiger charge is 2.09. The molecule has 0 radical (unpaired) electrons. The van der Waals surface area contributed by atoms with E-state index in [1.165, 1.54) is 11.1 Å². The van der Waals surface area contributed by atoms with E-state index in [0.29, 0.717) is 13.1 Å². The molecule has 7 nitrogen and oxygen atoms in total. The number of rotatable bonds is 8. The maximum absolute atomic E-state index is 4.79. The van der Waals surface area contributed by atoms with Crippen LogP contribution in [0.1, 0.15) is 35.0 Å². The standard InChI is InChI=1S/C26H31N7/c1-4-28-26(29-16-22-9-11-23(12-10-22)18-32-14-13-27-19-32)30-17-24-7-5-6-8-25(24)33-21(3)15-20(2)31-33/h5-15,19H,4,16-18H2,1-3H3,(H2,28,29,30). The molecule has 0 aliphatic heterocycles. The van der Waals surface area contributed by atoms with Crippen molar-refractivity contribution in [2.75, 3.05) is 6.54 Å². The summed E-state index contributed by atoms with van der Waals surface area (Å²) >= 11 is 0. The number of aliphatic imine (C=N–C) groups is 1. The molecule has 0 aliphatic rings. The van der Waals surface area contributed by atoms with E-state index in [1.54, 1.807) is 6.20 Å². The van der Waals surface area contributed by atoms with Gasteiger partial charge in [-0.15, -0.1) is 0 Å². The third-order valence-corrected chi connectivity index (χ3v) is 5.39. The molecule has 0 unspecified atom stereocenters. The third-order valence-electron chi connectivity index (χ3n) is 5.39. The van der Waals surface area contributed by atoms with E-state index in [9.17, 15) is 0 Å². The van der Waals surface area contributed by atoms with Crippen LogP contribution in [-0.4, -0.2) is 31.8 Å². The molecule has 2 N–H and O–H groups in total. The lowest BCUT2D eigenvalue weighted by Gasteiger charge is -2.15. The lowest BCUT2D eigenvalue weighted by molar-refractivity contribution is 0.783. The zero-order valence-corrected chi connectivity index (χ0v) is 19.5. The molecule has 0 atom stereocenters. The van der Waals surface area contributed by atoms with Gasteiger partial charge in [0.2, 0.25) is 0 Å². The first-order valence-corrected chi connectivity index (χ1v) is 11.3. The maximum Gasteiger partial charge on any atom is 0.191 e. The smallest absolute Gasteiger partial charge is 0.191 e. The summed E-state index contributed by atoms with van der Waals surface area (Å²) in [5, 5.41) is 11.5. The first-order valence-electron chi connectivity index (χ1n) is 11.3. The van der Waals surface area contributed by atoms with Gasteiger partial charge in [-0.05, 0) is 49.6 Å². The first kappa shape index (κ1) is 22.3. The minimum Gasteiger partial charge on any atom is -0.357 e. The van der Waals surface area contributed by atoms with Gasteiger partial charge in [-0.3, -0.25) is 0 Å². The normalized spacial score (nSPS) is 11.5. The molecule has 0 saturated heterocycles. The number of para-hydroxylation sites is 1. The van der Waals surface area contributed by atoms with Crippen molar-refractivity contribution in [2.45, 2.75) is 40.4 Å². The van der Waals surface area contributed by atoms with E-state index < -0.39 is 0 Å². The van der Waals surface area contributed by atoms with E-state index >= 15 is 0 Å². The molecule has 0 saturated carbocycles. The molecule has 33 heavy (non-hydrogen) atoms. The fraction of sp³-hybridized carbons (Fsp3) is 0.269. The van der Waals surface area contributed by atoms with E-state index in [-0.39, 0.29) is 0 Å². The number of hydrogen-bond acceptors (Lipinski definition) is 3. The Hall–Kier alpha value is -3.87. The van der Waals surface area contributed by atoms with E-state index in [4.69, 9.17) is 4.99 Å². The van der Waals surface area contributed by atoms with Crippen molar-refractivity contribution in [1.82, 2.24) is 30.0 Å². The van der Waals surface area contributed by atoms with Gasteiger partial charge in [0.25, 0.3) is 0 Å². The molecule has 2 aromatic carbocycles. The van der Waals surface area contributed by atoms with Crippen molar-refractivity contribution in [3.05, 3.63) is 101 Å². The average Bonchev–Trinajstić information content (AvgIpc) is 3.45. The summed E-state index contributed by atoms with van der Waals surface area (Å²) in [5.74, 6) is 0.795. The molecule has 0 bridgehead atoms. The van der Waals surface area contributed by atoms with Gasteiger partial charge in [-0.25, -0.2) is 14.7 Å². The SMILES string of the molecule is CCNC(=NCc1ccc(Cn2ccnc2)cc1)NCc1ccccc1-n1nc(C)cc1C. The van der Waals surface area contributed by atoms with Gasteiger partial charge >= 0.3 is 0 Å². The molecule has 0 amide bonds. The zero-order chi connectivity index (χ0) is 23.0. The van der Waals surface area contributed by atoms with Crippen LogP contribution in [0.4, 0.5) is 0 Å². The van der Waals surface area contributed by atoms with E-state index in [2.05, 4.69) is 87.7 Å². The van der Waals surface area contributed by atoms with E-state index in [0.717, 1.165) is 41.7 Å². The quantitative estimate of drug-likeness (QED) is 0.320. The van der Waals surface area contributed by atoms with Crippen LogP contribution >= 0.6 is 0 Å². The van der Waals surface area contributed by atoms with Crippen LogP contribution in [-0.2, 0) is 19.6 Å². The Morgan fingerprint density at radius 2 is 1.79 bits per heavy atom. The van der Waals surface area contributed by atoms with Gasteiger partial charge in [0.05, 0.1) is 24.3 Å². The van der Waals surface area contributed by atoms with Crippen LogP contribution in [0.15, 0.2) is 78.3 Å². The summed E-state index contributed by atoms with van der Waals surface area (Å²) in [6.45, 7) is 9.06. The number of nitrogens with zero attached hydrogens (tertiary/aromatic N) is 5. The highest BCUT2D eigenvalue weighted by Crippen LogP contribution is 2.17. The zero-order valence-electron chi connectivity index (χ0n) is 19.5. The summed E-state index contributed by atoms with van der Waals surface area (Å²) in [4.78, 5) is 8.88. The molecule has 0 aliphatic carbocycles. The molecule has 2 aromatic heterocycles. The maximum atomic E-state index is 4.79.